The van der Waals surface area contributed by atoms with Gasteiger partial charge in [-0.25, -0.2) is 8.78 Å². The van der Waals surface area contributed by atoms with Gasteiger partial charge in [0.15, 0.2) is 0 Å². The van der Waals surface area contributed by atoms with E-state index < -0.39 is 17.8 Å². The van der Waals surface area contributed by atoms with Crippen molar-refractivity contribution in [1.82, 2.24) is 0 Å². The van der Waals surface area contributed by atoms with Crippen molar-refractivity contribution in [2.75, 3.05) is 0 Å². The van der Waals surface area contributed by atoms with Crippen LogP contribution in [0.25, 0.3) is 17.2 Å². The molecule has 0 atom stereocenters. The molecule has 1 aliphatic rings. The first-order chi connectivity index (χ1) is 15.2. The maximum Gasteiger partial charge on any atom is 0.409 e. The minimum absolute atomic E-state index is 0.0785. The molecule has 1 fully saturated rings. The average Bonchev–Trinajstić information content (AvgIpc) is 2.73. The van der Waals surface area contributed by atoms with Crippen molar-refractivity contribution in [3.63, 3.8) is 0 Å². The monoisotopic (exact) mass is 470 g/mol. The molecule has 3 rings (SSSR count). The zero-order valence-corrected chi connectivity index (χ0v) is 18.9. The van der Waals surface area contributed by atoms with Gasteiger partial charge in [-0.05, 0) is 72.9 Å². The fourth-order valence-electron chi connectivity index (χ4n) is 4.56. The molecular formula is C26H28ClF5. The highest BCUT2D eigenvalue weighted by atomic mass is 35.5. The van der Waals surface area contributed by atoms with Crippen molar-refractivity contribution in [1.29, 1.82) is 0 Å². The second-order valence-corrected chi connectivity index (χ2v) is 9.09. The Morgan fingerprint density at radius 1 is 0.969 bits per heavy atom. The van der Waals surface area contributed by atoms with Crippen LogP contribution in [0.15, 0.2) is 36.4 Å². The van der Waals surface area contributed by atoms with Crippen molar-refractivity contribution < 1.29 is 22.0 Å². The predicted octanol–water partition coefficient (Wildman–Crippen LogP) is 9.71. The van der Waals surface area contributed by atoms with Crippen LogP contribution in [0, 0.1) is 17.6 Å². The molecule has 0 unspecified atom stereocenters. The van der Waals surface area contributed by atoms with Crippen LogP contribution in [0.1, 0.15) is 75.3 Å². The van der Waals surface area contributed by atoms with E-state index >= 15 is 0 Å². The van der Waals surface area contributed by atoms with Gasteiger partial charge in [0.2, 0.25) is 0 Å². The van der Waals surface area contributed by atoms with E-state index in [-0.39, 0.29) is 27.8 Å². The molecule has 0 amide bonds. The number of rotatable bonds is 7. The van der Waals surface area contributed by atoms with Crippen molar-refractivity contribution in [3.05, 3.63) is 64.2 Å². The molecule has 0 nitrogen and oxygen atoms in total. The summed E-state index contributed by atoms with van der Waals surface area (Å²) in [4.78, 5) is 0. The van der Waals surface area contributed by atoms with Crippen LogP contribution in [-0.2, 0) is 0 Å². The summed E-state index contributed by atoms with van der Waals surface area (Å²) < 4.78 is 66.5. The maximum absolute atomic E-state index is 14.9. The average molecular weight is 471 g/mol. The molecule has 0 radical (unpaired) electrons. The Labute approximate surface area is 191 Å². The molecular weight excluding hydrogens is 443 g/mol. The molecule has 32 heavy (non-hydrogen) atoms. The lowest BCUT2D eigenvalue weighted by Gasteiger charge is -2.29. The zero-order chi connectivity index (χ0) is 23.3. The molecule has 1 saturated carbocycles. The molecule has 6 heteroatoms. The summed E-state index contributed by atoms with van der Waals surface area (Å²) in [7, 11) is 0. The summed E-state index contributed by atoms with van der Waals surface area (Å²) in [6, 6.07) is 7.28. The smallest absolute Gasteiger partial charge is 0.206 e. The first kappa shape index (κ1) is 24.8. The van der Waals surface area contributed by atoms with Gasteiger partial charge in [0.25, 0.3) is 0 Å². The third kappa shape index (κ3) is 6.57. The van der Waals surface area contributed by atoms with Crippen LogP contribution < -0.4 is 0 Å². The van der Waals surface area contributed by atoms with E-state index in [1.807, 2.05) is 6.07 Å². The predicted molar refractivity (Wildman–Crippen MR) is 121 cm³/mol. The molecule has 0 saturated heterocycles. The number of unbranched alkanes of at least 4 members (excludes halogenated alkanes) is 2. The number of alkyl halides is 3. The van der Waals surface area contributed by atoms with E-state index in [9.17, 15) is 22.0 Å². The molecule has 0 heterocycles. The lowest BCUT2D eigenvalue weighted by molar-refractivity contribution is -0.0790. The summed E-state index contributed by atoms with van der Waals surface area (Å²) in [6.45, 7) is 2.21. The number of allylic oxidation sites excluding steroid dienone is 1. The number of benzene rings is 2. The van der Waals surface area contributed by atoms with Crippen LogP contribution in [0.3, 0.4) is 0 Å². The van der Waals surface area contributed by atoms with Gasteiger partial charge in [-0.15, -0.1) is 0 Å². The zero-order valence-electron chi connectivity index (χ0n) is 18.1. The van der Waals surface area contributed by atoms with E-state index in [0.717, 1.165) is 43.2 Å². The maximum atomic E-state index is 14.9. The van der Waals surface area contributed by atoms with Crippen LogP contribution >= 0.6 is 11.6 Å². The molecule has 2 aromatic carbocycles. The quantitative estimate of drug-likeness (QED) is 0.279. The summed E-state index contributed by atoms with van der Waals surface area (Å²) >= 11 is 6.00. The Balaban J connectivity index is 1.73. The molecule has 1 aliphatic carbocycles. The Bertz CT molecular complexity index is 917. The molecule has 0 bridgehead atoms. The van der Waals surface area contributed by atoms with Gasteiger partial charge in [-0.3, -0.25) is 0 Å². The highest BCUT2D eigenvalue weighted by Gasteiger charge is 2.24. The van der Waals surface area contributed by atoms with Crippen LogP contribution in [-0.4, -0.2) is 6.18 Å². The third-order valence-electron chi connectivity index (χ3n) is 6.36. The van der Waals surface area contributed by atoms with Crippen LogP contribution in [0.5, 0.6) is 0 Å². The topological polar surface area (TPSA) is 0 Å². The molecule has 2 aromatic rings. The first-order valence-corrected chi connectivity index (χ1v) is 11.6. The molecule has 0 aliphatic heterocycles. The molecule has 0 aromatic heterocycles. The van der Waals surface area contributed by atoms with Crippen LogP contribution in [0.4, 0.5) is 22.0 Å². The molecule has 0 spiro atoms. The third-order valence-corrected chi connectivity index (χ3v) is 6.67. The van der Waals surface area contributed by atoms with E-state index in [2.05, 4.69) is 6.92 Å². The second-order valence-electron chi connectivity index (χ2n) is 8.68. The Kier molecular flexibility index (Phi) is 8.37. The minimum atomic E-state index is -4.58. The van der Waals surface area contributed by atoms with E-state index in [1.54, 1.807) is 6.07 Å². The van der Waals surface area contributed by atoms with Crippen molar-refractivity contribution in [2.45, 2.75) is 70.4 Å². The fraction of sp³-hybridized carbons (Fsp3) is 0.462. The van der Waals surface area contributed by atoms with E-state index in [0.29, 0.717) is 12.0 Å². The molecule has 0 N–H and O–H groups in total. The second kappa shape index (κ2) is 10.8. The summed E-state index contributed by atoms with van der Waals surface area (Å²) in [5.74, 6) is -0.340. The Morgan fingerprint density at radius 2 is 1.69 bits per heavy atom. The highest BCUT2D eigenvalue weighted by molar-refractivity contribution is 6.32. The summed E-state index contributed by atoms with van der Waals surface area (Å²) in [5.41, 5.74) is 0.935. The summed E-state index contributed by atoms with van der Waals surface area (Å²) in [6.07, 6.45) is 5.37. The standard InChI is InChI=1S/C26H28ClF5/c1-2-3-4-5-17-6-8-18(9-7-17)19-10-11-21(24(28)15-19)20-14-23(27)22(25(29)16-20)12-13-26(30,31)32/h10-18H,2-9H2,1H3. The van der Waals surface area contributed by atoms with Gasteiger partial charge in [-0.2, -0.15) is 13.2 Å². The van der Waals surface area contributed by atoms with Gasteiger partial charge in [0.05, 0.1) is 5.02 Å². The summed E-state index contributed by atoms with van der Waals surface area (Å²) in [5, 5.41) is -0.203. The van der Waals surface area contributed by atoms with E-state index in [1.165, 1.54) is 37.8 Å². The number of halogens is 6. The minimum Gasteiger partial charge on any atom is -0.206 e. The van der Waals surface area contributed by atoms with Crippen molar-refractivity contribution in [3.8, 4) is 11.1 Å². The van der Waals surface area contributed by atoms with Gasteiger partial charge >= 0.3 is 6.18 Å². The Hall–Kier alpha value is -1.88. The van der Waals surface area contributed by atoms with E-state index in [4.69, 9.17) is 11.6 Å². The van der Waals surface area contributed by atoms with Gasteiger partial charge in [0.1, 0.15) is 11.6 Å². The lowest BCUT2D eigenvalue weighted by Crippen LogP contribution is -2.13. The van der Waals surface area contributed by atoms with Crippen molar-refractivity contribution in [2.24, 2.45) is 5.92 Å². The fourth-order valence-corrected chi connectivity index (χ4v) is 4.83. The van der Waals surface area contributed by atoms with Crippen LogP contribution in [0.2, 0.25) is 5.02 Å². The highest BCUT2D eigenvalue weighted by Crippen LogP contribution is 2.39. The van der Waals surface area contributed by atoms with Gasteiger partial charge in [-0.1, -0.05) is 56.3 Å². The SMILES string of the molecule is CCCCCC1CCC(c2ccc(-c3cc(F)c(C=CC(F)(F)F)c(Cl)c3)c(F)c2)CC1. The Morgan fingerprint density at radius 3 is 2.28 bits per heavy atom. The number of hydrogen-bond acceptors (Lipinski definition) is 0. The van der Waals surface area contributed by atoms with Crippen molar-refractivity contribution >= 4 is 17.7 Å². The number of hydrogen-bond donors (Lipinski definition) is 0. The van der Waals surface area contributed by atoms with Gasteiger partial charge < -0.3 is 0 Å². The first-order valence-electron chi connectivity index (χ1n) is 11.2. The normalized spacial score (nSPS) is 19.6. The van der Waals surface area contributed by atoms with Gasteiger partial charge in [0, 0.05) is 17.2 Å². The molecule has 174 valence electrons. The largest absolute Gasteiger partial charge is 0.409 e. The lowest BCUT2D eigenvalue weighted by atomic mass is 9.77.